The van der Waals surface area contributed by atoms with Gasteiger partial charge in [0.15, 0.2) is 0 Å². The lowest BCUT2D eigenvalue weighted by atomic mass is 9.88. The number of aromatic nitrogens is 1. The minimum atomic E-state index is -0.196. The summed E-state index contributed by atoms with van der Waals surface area (Å²) in [5.41, 5.74) is 6.08. The highest BCUT2D eigenvalue weighted by Crippen LogP contribution is 2.20. The lowest BCUT2D eigenvalue weighted by molar-refractivity contribution is 0.0910. The Labute approximate surface area is 110 Å². The molecule has 0 aromatic carbocycles. The standard InChI is InChI=1S/C12H18BrN3O/c1-7(12(2,3)4)16-11(17)9-5-8(13)6-15-10(9)14/h5-7H,1-4H3,(H2,14,15)(H,16,17). The van der Waals surface area contributed by atoms with E-state index in [4.69, 9.17) is 5.73 Å². The number of nitrogens with two attached hydrogens (primary N) is 1. The molecule has 1 heterocycles. The zero-order valence-corrected chi connectivity index (χ0v) is 12.1. The Bertz CT molecular complexity index is 426. The number of hydrogen-bond donors (Lipinski definition) is 2. The maximum absolute atomic E-state index is 12.0. The summed E-state index contributed by atoms with van der Waals surface area (Å²) in [7, 11) is 0. The number of rotatable bonds is 2. The average molecular weight is 300 g/mol. The van der Waals surface area contributed by atoms with Crippen molar-refractivity contribution in [2.75, 3.05) is 5.73 Å². The third-order valence-corrected chi connectivity index (χ3v) is 3.21. The van der Waals surface area contributed by atoms with Gasteiger partial charge in [0.25, 0.3) is 5.91 Å². The zero-order chi connectivity index (χ0) is 13.2. The fourth-order valence-corrected chi connectivity index (χ4v) is 1.45. The van der Waals surface area contributed by atoms with Crippen LogP contribution < -0.4 is 11.1 Å². The smallest absolute Gasteiger partial charge is 0.255 e. The van der Waals surface area contributed by atoms with Crippen molar-refractivity contribution in [3.05, 3.63) is 22.3 Å². The van der Waals surface area contributed by atoms with E-state index in [0.29, 0.717) is 5.56 Å². The second kappa shape index (κ2) is 5.04. The van der Waals surface area contributed by atoms with Gasteiger partial charge in [-0.15, -0.1) is 0 Å². The van der Waals surface area contributed by atoms with E-state index in [1.807, 2.05) is 6.92 Å². The van der Waals surface area contributed by atoms with Gasteiger partial charge in [0, 0.05) is 16.7 Å². The van der Waals surface area contributed by atoms with Crippen LogP contribution in [0.2, 0.25) is 0 Å². The van der Waals surface area contributed by atoms with E-state index in [2.05, 4.69) is 47.0 Å². The molecule has 0 spiro atoms. The molecule has 1 rings (SSSR count). The van der Waals surface area contributed by atoms with Gasteiger partial charge >= 0.3 is 0 Å². The van der Waals surface area contributed by atoms with Gasteiger partial charge in [-0.1, -0.05) is 20.8 Å². The predicted octanol–water partition coefficient (Wildman–Crippen LogP) is 2.59. The predicted molar refractivity (Wildman–Crippen MR) is 72.7 cm³/mol. The number of nitrogens with zero attached hydrogens (tertiary/aromatic N) is 1. The van der Waals surface area contributed by atoms with Crippen molar-refractivity contribution in [2.24, 2.45) is 5.41 Å². The molecule has 0 aliphatic heterocycles. The fourth-order valence-electron chi connectivity index (χ4n) is 1.12. The van der Waals surface area contributed by atoms with Crippen molar-refractivity contribution in [3.8, 4) is 0 Å². The molecule has 0 fully saturated rings. The summed E-state index contributed by atoms with van der Waals surface area (Å²) in [6.45, 7) is 8.18. The fraction of sp³-hybridized carbons (Fsp3) is 0.500. The molecule has 1 aromatic heterocycles. The van der Waals surface area contributed by atoms with Crippen molar-refractivity contribution in [3.63, 3.8) is 0 Å². The van der Waals surface area contributed by atoms with Crippen LogP contribution in [0, 0.1) is 5.41 Å². The molecule has 1 amide bonds. The maximum atomic E-state index is 12.0. The van der Waals surface area contributed by atoms with E-state index in [-0.39, 0.29) is 23.2 Å². The number of carbonyl (C=O) groups excluding carboxylic acids is 1. The Morgan fingerprint density at radius 3 is 2.65 bits per heavy atom. The molecule has 17 heavy (non-hydrogen) atoms. The van der Waals surface area contributed by atoms with Gasteiger partial charge in [0.1, 0.15) is 5.82 Å². The minimum absolute atomic E-state index is 0.00383. The van der Waals surface area contributed by atoms with Crippen molar-refractivity contribution >= 4 is 27.7 Å². The SMILES string of the molecule is CC(NC(=O)c1cc(Br)cnc1N)C(C)(C)C. The summed E-state index contributed by atoms with van der Waals surface area (Å²) in [5, 5.41) is 2.92. The summed E-state index contributed by atoms with van der Waals surface area (Å²) in [5.74, 6) is 0.0468. The van der Waals surface area contributed by atoms with E-state index in [0.717, 1.165) is 4.47 Å². The highest BCUT2D eigenvalue weighted by atomic mass is 79.9. The van der Waals surface area contributed by atoms with E-state index < -0.39 is 0 Å². The van der Waals surface area contributed by atoms with Crippen LogP contribution in [0.5, 0.6) is 0 Å². The molecule has 94 valence electrons. The van der Waals surface area contributed by atoms with Crippen molar-refractivity contribution in [1.29, 1.82) is 0 Å². The first kappa shape index (κ1) is 14.0. The maximum Gasteiger partial charge on any atom is 0.255 e. The minimum Gasteiger partial charge on any atom is -0.383 e. The number of carbonyl (C=O) groups is 1. The lowest BCUT2D eigenvalue weighted by Crippen LogP contribution is -2.41. The zero-order valence-electron chi connectivity index (χ0n) is 10.5. The number of nitrogens with one attached hydrogen (secondary N) is 1. The number of nitrogen functional groups attached to an aromatic ring is 1. The van der Waals surface area contributed by atoms with Gasteiger partial charge in [0.05, 0.1) is 5.56 Å². The highest BCUT2D eigenvalue weighted by molar-refractivity contribution is 9.10. The van der Waals surface area contributed by atoms with Gasteiger partial charge in [-0.2, -0.15) is 0 Å². The Kier molecular flexibility index (Phi) is 4.14. The third-order valence-electron chi connectivity index (χ3n) is 2.78. The van der Waals surface area contributed by atoms with E-state index in [1.165, 1.54) is 0 Å². The molecule has 0 saturated heterocycles. The largest absolute Gasteiger partial charge is 0.383 e. The molecular formula is C12H18BrN3O. The van der Waals surface area contributed by atoms with Crippen LogP contribution in [0.3, 0.4) is 0 Å². The first-order chi connectivity index (χ1) is 7.71. The summed E-state index contributed by atoms with van der Waals surface area (Å²) in [6, 6.07) is 1.72. The molecule has 1 unspecified atom stereocenters. The summed E-state index contributed by atoms with van der Waals surface area (Å²) < 4.78 is 0.736. The number of pyridine rings is 1. The first-order valence-corrected chi connectivity index (χ1v) is 6.23. The summed E-state index contributed by atoms with van der Waals surface area (Å²) in [6.07, 6.45) is 1.57. The second-order valence-corrected chi connectivity index (χ2v) is 6.06. The van der Waals surface area contributed by atoms with E-state index in [9.17, 15) is 4.79 Å². The number of amides is 1. The van der Waals surface area contributed by atoms with Gasteiger partial charge in [-0.05, 0) is 34.3 Å². The average Bonchev–Trinajstić information content (AvgIpc) is 2.20. The molecule has 0 radical (unpaired) electrons. The van der Waals surface area contributed by atoms with Crippen LogP contribution in [0.1, 0.15) is 38.1 Å². The topological polar surface area (TPSA) is 68.0 Å². The molecule has 0 saturated carbocycles. The van der Waals surface area contributed by atoms with Gasteiger partial charge < -0.3 is 11.1 Å². The Balaban J connectivity index is 2.87. The molecule has 0 aliphatic carbocycles. The van der Waals surface area contributed by atoms with Crippen LogP contribution in [0.15, 0.2) is 16.7 Å². The van der Waals surface area contributed by atoms with E-state index >= 15 is 0 Å². The van der Waals surface area contributed by atoms with Crippen LogP contribution in [0.4, 0.5) is 5.82 Å². The molecule has 1 aromatic rings. The Morgan fingerprint density at radius 1 is 1.53 bits per heavy atom. The van der Waals surface area contributed by atoms with Crippen molar-refractivity contribution in [1.82, 2.24) is 10.3 Å². The lowest BCUT2D eigenvalue weighted by Gasteiger charge is -2.28. The first-order valence-electron chi connectivity index (χ1n) is 5.43. The van der Waals surface area contributed by atoms with Gasteiger partial charge in [0.2, 0.25) is 0 Å². The molecule has 1 atom stereocenters. The molecule has 5 heteroatoms. The van der Waals surface area contributed by atoms with Crippen LogP contribution in [-0.2, 0) is 0 Å². The Hall–Kier alpha value is -1.10. The number of anilines is 1. The highest BCUT2D eigenvalue weighted by Gasteiger charge is 2.23. The van der Waals surface area contributed by atoms with E-state index in [1.54, 1.807) is 12.3 Å². The summed E-state index contributed by atoms with van der Waals surface area (Å²) >= 11 is 3.27. The third kappa shape index (κ3) is 3.70. The molecule has 0 aliphatic rings. The molecule has 3 N–H and O–H groups in total. The summed E-state index contributed by atoms with van der Waals surface area (Å²) in [4.78, 5) is 16.0. The quantitative estimate of drug-likeness (QED) is 0.882. The second-order valence-electron chi connectivity index (χ2n) is 5.15. The number of hydrogen-bond acceptors (Lipinski definition) is 3. The molecule has 0 bridgehead atoms. The van der Waals surface area contributed by atoms with Crippen LogP contribution >= 0.6 is 15.9 Å². The Morgan fingerprint density at radius 2 is 2.12 bits per heavy atom. The van der Waals surface area contributed by atoms with Crippen molar-refractivity contribution in [2.45, 2.75) is 33.7 Å². The van der Waals surface area contributed by atoms with Crippen LogP contribution in [0.25, 0.3) is 0 Å². The van der Waals surface area contributed by atoms with Crippen molar-refractivity contribution < 1.29 is 4.79 Å². The normalized spacial score (nSPS) is 13.2. The monoisotopic (exact) mass is 299 g/mol. The molecule has 4 nitrogen and oxygen atoms in total. The molecular weight excluding hydrogens is 282 g/mol. The van der Waals surface area contributed by atoms with Crippen LogP contribution in [-0.4, -0.2) is 16.9 Å². The van der Waals surface area contributed by atoms with Gasteiger partial charge in [-0.25, -0.2) is 4.98 Å². The number of halogens is 1. The van der Waals surface area contributed by atoms with Gasteiger partial charge in [-0.3, -0.25) is 4.79 Å².